The van der Waals surface area contributed by atoms with Crippen LogP contribution in [0.3, 0.4) is 0 Å². The van der Waals surface area contributed by atoms with Crippen molar-refractivity contribution in [3.05, 3.63) is 30.6 Å². The van der Waals surface area contributed by atoms with E-state index in [0.29, 0.717) is 6.54 Å². The standard InChI is InChI=1S/C14H19N3O2/c1-10(2)16-14(3,13(18)19)8-17-9-15-11-6-4-5-7-12(11)17/h4-7,9-10,16H,8H2,1-3H3,(H,18,19). The summed E-state index contributed by atoms with van der Waals surface area (Å²) in [7, 11) is 0. The molecule has 2 N–H and O–H groups in total. The fourth-order valence-corrected chi connectivity index (χ4v) is 2.29. The molecule has 0 bridgehead atoms. The van der Waals surface area contributed by atoms with Gasteiger partial charge >= 0.3 is 5.97 Å². The van der Waals surface area contributed by atoms with E-state index < -0.39 is 11.5 Å². The van der Waals surface area contributed by atoms with Gasteiger partial charge in [0.2, 0.25) is 0 Å². The van der Waals surface area contributed by atoms with E-state index >= 15 is 0 Å². The quantitative estimate of drug-likeness (QED) is 0.862. The second kappa shape index (κ2) is 5.01. The Bertz CT molecular complexity index is 591. The molecule has 0 aliphatic carbocycles. The molecule has 1 heterocycles. The van der Waals surface area contributed by atoms with Crippen molar-refractivity contribution in [2.45, 2.75) is 38.9 Å². The van der Waals surface area contributed by atoms with Crippen LogP contribution in [0.25, 0.3) is 11.0 Å². The third-order valence-corrected chi connectivity index (χ3v) is 3.09. The van der Waals surface area contributed by atoms with Gasteiger partial charge in [0.15, 0.2) is 0 Å². The molecule has 1 aromatic heterocycles. The number of carboxylic acid groups (broad SMARTS) is 1. The average Bonchev–Trinajstić information content (AvgIpc) is 2.71. The second-order valence-corrected chi connectivity index (χ2v) is 5.30. The molecule has 0 aliphatic rings. The van der Waals surface area contributed by atoms with Crippen LogP contribution in [0.4, 0.5) is 0 Å². The monoisotopic (exact) mass is 261 g/mol. The lowest BCUT2D eigenvalue weighted by Crippen LogP contribution is -2.55. The number of imidazole rings is 1. The molecule has 0 amide bonds. The highest BCUT2D eigenvalue weighted by Crippen LogP contribution is 2.16. The normalized spacial score (nSPS) is 14.7. The van der Waals surface area contributed by atoms with Crippen molar-refractivity contribution >= 4 is 17.0 Å². The largest absolute Gasteiger partial charge is 0.480 e. The molecule has 2 aromatic rings. The summed E-state index contributed by atoms with van der Waals surface area (Å²) in [5.41, 5.74) is 0.804. The van der Waals surface area contributed by atoms with E-state index in [2.05, 4.69) is 10.3 Å². The number of carboxylic acids is 1. The summed E-state index contributed by atoms with van der Waals surface area (Å²) in [5.74, 6) is -0.862. The summed E-state index contributed by atoms with van der Waals surface area (Å²) in [6.45, 7) is 5.91. The van der Waals surface area contributed by atoms with Gasteiger partial charge < -0.3 is 9.67 Å². The first kappa shape index (κ1) is 13.5. The van der Waals surface area contributed by atoms with E-state index in [1.54, 1.807) is 13.3 Å². The Kier molecular flexibility index (Phi) is 3.57. The van der Waals surface area contributed by atoms with Gasteiger partial charge in [0.1, 0.15) is 5.54 Å². The molecule has 0 saturated carbocycles. The topological polar surface area (TPSA) is 67.2 Å². The molecule has 0 spiro atoms. The smallest absolute Gasteiger partial charge is 0.325 e. The molecule has 5 nitrogen and oxygen atoms in total. The van der Waals surface area contributed by atoms with Crippen molar-refractivity contribution in [2.24, 2.45) is 0 Å². The van der Waals surface area contributed by atoms with Crippen molar-refractivity contribution in [3.63, 3.8) is 0 Å². The van der Waals surface area contributed by atoms with Crippen LogP contribution in [-0.4, -0.2) is 32.2 Å². The van der Waals surface area contributed by atoms with Gasteiger partial charge in [0.25, 0.3) is 0 Å². The number of hydrogen-bond donors (Lipinski definition) is 2. The molecular weight excluding hydrogens is 242 g/mol. The predicted octanol–water partition coefficient (Wildman–Crippen LogP) is 1.88. The van der Waals surface area contributed by atoms with Gasteiger partial charge in [-0.3, -0.25) is 10.1 Å². The molecule has 0 saturated heterocycles. The first-order chi connectivity index (χ1) is 8.92. The van der Waals surface area contributed by atoms with E-state index in [1.165, 1.54) is 0 Å². The number of fused-ring (bicyclic) bond motifs is 1. The Labute approximate surface area is 112 Å². The van der Waals surface area contributed by atoms with Gasteiger partial charge in [0.05, 0.1) is 23.9 Å². The minimum Gasteiger partial charge on any atom is -0.480 e. The summed E-state index contributed by atoms with van der Waals surface area (Å²) in [6.07, 6.45) is 1.69. The average molecular weight is 261 g/mol. The highest BCUT2D eigenvalue weighted by Gasteiger charge is 2.34. The van der Waals surface area contributed by atoms with Crippen LogP contribution in [0.5, 0.6) is 0 Å². The SMILES string of the molecule is CC(C)NC(C)(Cn1cnc2ccccc21)C(=O)O. The Hall–Kier alpha value is -1.88. The van der Waals surface area contributed by atoms with Crippen molar-refractivity contribution < 1.29 is 9.90 Å². The molecule has 0 fully saturated rings. The van der Waals surface area contributed by atoms with E-state index in [4.69, 9.17) is 0 Å². The molecule has 0 radical (unpaired) electrons. The van der Waals surface area contributed by atoms with Gasteiger partial charge in [-0.15, -0.1) is 0 Å². The highest BCUT2D eigenvalue weighted by atomic mass is 16.4. The van der Waals surface area contributed by atoms with E-state index in [1.807, 2.05) is 42.7 Å². The van der Waals surface area contributed by atoms with Crippen LogP contribution < -0.4 is 5.32 Å². The van der Waals surface area contributed by atoms with Crippen LogP contribution in [0.1, 0.15) is 20.8 Å². The lowest BCUT2D eigenvalue weighted by atomic mass is 10.0. The zero-order valence-electron chi connectivity index (χ0n) is 11.4. The van der Waals surface area contributed by atoms with Gasteiger partial charge in [-0.25, -0.2) is 4.98 Å². The number of nitrogens with zero attached hydrogens (tertiary/aromatic N) is 2. The first-order valence-electron chi connectivity index (χ1n) is 6.33. The molecule has 1 unspecified atom stereocenters. The maximum atomic E-state index is 11.5. The minimum absolute atomic E-state index is 0.0934. The lowest BCUT2D eigenvalue weighted by molar-refractivity contribution is -0.145. The minimum atomic E-state index is -1.02. The van der Waals surface area contributed by atoms with Crippen molar-refractivity contribution in [2.75, 3.05) is 0 Å². The summed E-state index contributed by atoms with van der Waals surface area (Å²) in [6, 6.07) is 7.80. The molecule has 0 aliphatic heterocycles. The summed E-state index contributed by atoms with van der Waals surface area (Å²) >= 11 is 0. The van der Waals surface area contributed by atoms with Crippen molar-refractivity contribution in [3.8, 4) is 0 Å². The molecule has 102 valence electrons. The van der Waals surface area contributed by atoms with E-state index in [9.17, 15) is 9.90 Å². The van der Waals surface area contributed by atoms with E-state index in [-0.39, 0.29) is 6.04 Å². The maximum Gasteiger partial charge on any atom is 0.325 e. The maximum absolute atomic E-state index is 11.5. The van der Waals surface area contributed by atoms with Crippen molar-refractivity contribution in [1.29, 1.82) is 0 Å². The molecule has 5 heteroatoms. The van der Waals surface area contributed by atoms with Crippen LogP contribution >= 0.6 is 0 Å². The predicted molar refractivity (Wildman–Crippen MR) is 74.0 cm³/mol. The zero-order chi connectivity index (χ0) is 14.0. The van der Waals surface area contributed by atoms with Gasteiger partial charge in [-0.1, -0.05) is 12.1 Å². The summed E-state index contributed by atoms with van der Waals surface area (Å²) in [4.78, 5) is 15.8. The Morgan fingerprint density at radius 1 is 1.47 bits per heavy atom. The summed E-state index contributed by atoms with van der Waals surface area (Å²) in [5, 5.41) is 12.6. The number of hydrogen-bond acceptors (Lipinski definition) is 3. The molecule has 1 atom stereocenters. The zero-order valence-corrected chi connectivity index (χ0v) is 11.4. The fourth-order valence-electron chi connectivity index (χ4n) is 2.29. The lowest BCUT2D eigenvalue weighted by Gasteiger charge is -2.29. The van der Waals surface area contributed by atoms with E-state index in [0.717, 1.165) is 11.0 Å². The number of carbonyl (C=O) groups is 1. The first-order valence-corrected chi connectivity index (χ1v) is 6.33. The van der Waals surface area contributed by atoms with Gasteiger partial charge in [-0.2, -0.15) is 0 Å². The van der Waals surface area contributed by atoms with Crippen molar-refractivity contribution in [1.82, 2.24) is 14.9 Å². The molecule has 2 rings (SSSR count). The van der Waals surface area contributed by atoms with Crippen LogP contribution in [-0.2, 0) is 11.3 Å². The number of nitrogens with one attached hydrogen (secondary N) is 1. The van der Waals surface area contributed by atoms with Crippen LogP contribution in [0, 0.1) is 0 Å². The highest BCUT2D eigenvalue weighted by molar-refractivity contribution is 5.79. The molecular formula is C14H19N3O2. The van der Waals surface area contributed by atoms with Crippen LogP contribution in [0.15, 0.2) is 30.6 Å². The third kappa shape index (κ3) is 2.76. The number of rotatable bonds is 5. The van der Waals surface area contributed by atoms with Crippen LogP contribution in [0.2, 0.25) is 0 Å². The number of benzene rings is 1. The Morgan fingerprint density at radius 3 is 2.79 bits per heavy atom. The third-order valence-electron chi connectivity index (χ3n) is 3.09. The molecule has 1 aromatic carbocycles. The fraction of sp³-hybridized carbons (Fsp3) is 0.429. The number of para-hydroxylation sites is 2. The number of aliphatic carboxylic acids is 1. The Balaban J connectivity index is 2.34. The van der Waals surface area contributed by atoms with Gasteiger partial charge in [0, 0.05) is 6.04 Å². The Morgan fingerprint density at radius 2 is 2.16 bits per heavy atom. The number of aromatic nitrogens is 2. The molecule has 19 heavy (non-hydrogen) atoms. The van der Waals surface area contributed by atoms with Gasteiger partial charge in [-0.05, 0) is 32.9 Å². The summed E-state index contributed by atoms with van der Waals surface area (Å²) < 4.78 is 1.87. The second-order valence-electron chi connectivity index (χ2n) is 5.30.